The number of thioether (sulfide) groups is 1. The van der Waals surface area contributed by atoms with Crippen molar-refractivity contribution in [1.29, 1.82) is 0 Å². The van der Waals surface area contributed by atoms with Crippen molar-refractivity contribution in [1.82, 2.24) is 0 Å². The Balaban J connectivity index is 0.00000128. The van der Waals surface area contributed by atoms with Gasteiger partial charge in [-0.25, -0.2) is 0 Å². The molecule has 1 heterocycles. The summed E-state index contributed by atoms with van der Waals surface area (Å²) in [5.74, 6) is 1.08. The minimum atomic E-state index is -0.130. The highest BCUT2D eigenvalue weighted by molar-refractivity contribution is 8.13. The van der Waals surface area contributed by atoms with E-state index in [4.69, 9.17) is 5.73 Å². The molecule has 88 valence electrons. The van der Waals surface area contributed by atoms with Crippen LogP contribution in [0, 0.1) is 0 Å². The molecule has 2 nitrogen and oxygen atoms in total. The van der Waals surface area contributed by atoms with Crippen LogP contribution in [0.15, 0.2) is 35.3 Å². The number of nitrogens with two attached hydrogens (primary N) is 1. The minimum absolute atomic E-state index is 0. The van der Waals surface area contributed by atoms with Gasteiger partial charge >= 0.3 is 0 Å². The molecule has 2 rings (SSSR count). The predicted molar refractivity (Wildman–Crippen MR) is 74.4 cm³/mol. The highest BCUT2D eigenvalue weighted by Gasteiger charge is 2.27. The lowest BCUT2D eigenvalue weighted by atomic mass is 9.88. The van der Waals surface area contributed by atoms with Gasteiger partial charge in [0.05, 0.1) is 5.54 Å². The molecule has 1 aromatic rings. The van der Waals surface area contributed by atoms with Gasteiger partial charge in [0.2, 0.25) is 0 Å². The molecule has 1 unspecified atom stereocenters. The third-order valence-electron chi connectivity index (χ3n) is 2.81. The van der Waals surface area contributed by atoms with Crippen LogP contribution in [0.5, 0.6) is 0 Å². The average molecular weight is 257 g/mol. The van der Waals surface area contributed by atoms with Crippen molar-refractivity contribution in [3.63, 3.8) is 0 Å². The molecule has 0 radical (unpaired) electrons. The molecule has 0 fully saturated rings. The summed E-state index contributed by atoms with van der Waals surface area (Å²) in [7, 11) is 0. The Labute approximate surface area is 107 Å². The van der Waals surface area contributed by atoms with E-state index >= 15 is 0 Å². The SMILES string of the molecule is CC1(c2ccccc2)CCCSC(N)=N1.Cl. The highest BCUT2D eigenvalue weighted by Crippen LogP contribution is 2.33. The summed E-state index contributed by atoms with van der Waals surface area (Å²) in [5.41, 5.74) is 6.99. The molecule has 1 aliphatic rings. The van der Waals surface area contributed by atoms with Crippen LogP contribution in [-0.4, -0.2) is 10.9 Å². The Morgan fingerprint density at radius 3 is 2.69 bits per heavy atom. The van der Waals surface area contributed by atoms with E-state index in [1.165, 1.54) is 12.0 Å². The van der Waals surface area contributed by atoms with E-state index < -0.39 is 0 Å². The van der Waals surface area contributed by atoms with E-state index in [0.29, 0.717) is 0 Å². The molecule has 1 aromatic carbocycles. The molecule has 0 aliphatic carbocycles. The van der Waals surface area contributed by atoms with Crippen LogP contribution in [0.2, 0.25) is 0 Å². The Morgan fingerprint density at radius 1 is 1.31 bits per heavy atom. The number of hydrogen-bond donors (Lipinski definition) is 1. The third-order valence-corrected chi connectivity index (χ3v) is 3.69. The Kier molecular flexibility index (Phi) is 4.69. The molecule has 0 amide bonds. The fourth-order valence-corrected chi connectivity index (χ4v) is 2.69. The molecule has 2 N–H and O–H groups in total. The van der Waals surface area contributed by atoms with E-state index in [0.717, 1.165) is 17.3 Å². The standard InChI is InChI=1S/C12H16N2S.ClH/c1-12(10-6-3-2-4-7-10)8-5-9-15-11(13)14-12;/h2-4,6-7H,5,8-9H2,1H3,(H2,13,14);1H. The number of benzene rings is 1. The molecule has 1 atom stereocenters. The van der Waals surface area contributed by atoms with Gasteiger partial charge in [-0.1, -0.05) is 42.1 Å². The smallest absolute Gasteiger partial charge is 0.154 e. The Morgan fingerprint density at radius 2 is 2.00 bits per heavy atom. The van der Waals surface area contributed by atoms with Crippen molar-refractivity contribution in [2.75, 3.05) is 5.75 Å². The fraction of sp³-hybridized carbons (Fsp3) is 0.417. The van der Waals surface area contributed by atoms with Gasteiger partial charge in [-0.15, -0.1) is 12.4 Å². The summed E-state index contributed by atoms with van der Waals surface area (Å²) < 4.78 is 0. The first kappa shape index (κ1) is 13.4. The zero-order valence-electron chi connectivity index (χ0n) is 9.35. The van der Waals surface area contributed by atoms with Crippen molar-refractivity contribution >= 4 is 29.3 Å². The van der Waals surface area contributed by atoms with Crippen molar-refractivity contribution in [3.05, 3.63) is 35.9 Å². The number of aliphatic imine (C=N–C) groups is 1. The average Bonchev–Trinajstić information content (AvgIpc) is 2.42. The van der Waals surface area contributed by atoms with Crippen molar-refractivity contribution in [2.45, 2.75) is 25.3 Å². The minimum Gasteiger partial charge on any atom is -0.379 e. The maximum absolute atomic E-state index is 5.86. The number of amidine groups is 1. The lowest BCUT2D eigenvalue weighted by Gasteiger charge is -2.24. The fourth-order valence-electron chi connectivity index (χ4n) is 1.93. The van der Waals surface area contributed by atoms with E-state index in [-0.39, 0.29) is 17.9 Å². The Bertz CT molecular complexity index is 367. The first-order valence-electron chi connectivity index (χ1n) is 5.24. The lowest BCUT2D eigenvalue weighted by Crippen LogP contribution is -2.21. The second kappa shape index (κ2) is 5.60. The van der Waals surface area contributed by atoms with Crippen molar-refractivity contribution in [2.24, 2.45) is 10.7 Å². The first-order chi connectivity index (χ1) is 7.21. The van der Waals surface area contributed by atoms with Gasteiger partial charge in [-0.05, 0) is 25.3 Å². The highest BCUT2D eigenvalue weighted by atomic mass is 35.5. The quantitative estimate of drug-likeness (QED) is 0.838. The molecule has 0 aromatic heterocycles. The molecule has 16 heavy (non-hydrogen) atoms. The van der Waals surface area contributed by atoms with E-state index in [9.17, 15) is 0 Å². The van der Waals surface area contributed by atoms with Crippen LogP contribution in [0.1, 0.15) is 25.3 Å². The summed E-state index contributed by atoms with van der Waals surface area (Å²) in [5, 5.41) is 0.721. The Hall–Kier alpha value is -0.670. The van der Waals surface area contributed by atoms with Crippen molar-refractivity contribution < 1.29 is 0 Å². The van der Waals surface area contributed by atoms with E-state index in [1.54, 1.807) is 11.8 Å². The maximum atomic E-state index is 5.86. The van der Waals surface area contributed by atoms with Crippen LogP contribution < -0.4 is 5.73 Å². The molecule has 4 heteroatoms. The molecular weight excluding hydrogens is 240 g/mol. The van der Waals surface area contributed by atoms with Crippen LogP contribution in [-0.2, 0) is 5.54 Å². The molecule has 0 spiro atoms. The molecule has 0 saturated carbocycles. The molecule has 0 bridgehead atoms. The molecule has 0 saturated heterocycles. The monoisotopic (exact) mass is 256 g/mol. The number of nitrogens with zero attached hydrogens (tertiary/aromatic N) is 1. The van der Waals surface area contributed by atoms with Crippen LogP contribution in [0.3, 0.4) is 0 Å². The molecule has 1 aliphatic heterocycles. The third kappa shape index (κ3) is 2.92. The van der Waals surface area contributed by atoms with Gasteiger partial charge in [0.25, 0.3) is 0 Å². The van der Waals surface area contributed by atoms with Gasteiger partial charge in [-0.3, -0.25) is 4.99 Å². The van der Waals surface area contributed by atoms with Crippen LogP contribution in [0.4, 0.5) is 0 Å². The van der Waals surface area contributed by atoms with E-state index in [1.807, 2.05) is 6.07 Å². The summed E-state index contributed by atoms with van der Waals surface area (Å²) in [6.07, 6.45) is 2.24. The number of hydrogen-bond acceptors (Lipinski definition) is 3. The summed E-state index contributed by atoms with van der Waals surface area (Å²) in [4.78, 5) is 4.64. The van der Waals surface area contributed by atoms with Gasteiger partial charge in [0.15, 0.2) is 5.17 Å². The first-order valence-corrected chi connectivity index (χ1v) is 6.23. The zero-order valence-corrected chi connectivity index (χ0v) is 11.0. The second-order valence-electron chi connectivity index (χ2n) is 4.04. The lowest BCUT2D eigenvalue weighted by molar-refractivity contribution is 0.455. The summed E-state index contributed by atoms with van der Waals surface area (Å²) >= 11 is 1.66. The van der Waals surface area contributed by atoms with Gasteiger partial charge in [0, 0.05) is 5.75 Å². The van der Waals surface area contributed by atoms with Crippen LogP contribution >= 0.6 is 24.2 Å². The maximum Gasteiger partial charge on any atom is 0.154 e. The second-order valence-corrected chi connectivity index (χ2v) is 5.16. The number of rotatable bonds is 1. The predicted octanol–water partition coefficient (Wildman–Crippen LogP) is 3.17. The summed E-state index contributed by atoms with van der Waals surface area (Å²) in [6.45, 7) is 2.17. The van der Waals surface area contributed by atoms with Gasteiger partial charge in [-0.2, -0.15) is 0 Å². The van der Waals surface area contributed by atoms with Gasteiger partial charge < -0.3 is 5.73 Å². The van der Waals surface area contributed by atoms with Crippen LogP contribution in [0.25, 0.3) is 0 Å². The summed E-state index contributed by atoms with van der Waals surface area (Å²) in [6, 6.07) is 10.4. The largest absolute Gasteiger partial charge is 0.379 e. The van der Waals surface area contributed by atoms with Crippen molar-refractivity contribution in [3.8, 4) is 0 Å². The number of halogens is 1. The van der Waals surface area contributed by atoms with E-state index in [2.05, 4.69) is 36.2 Å². The van der Waals surface area contributed by atoms with Gasteiger partial charge in [0.1, 0.15) is 0 Å². The normalized spacial score (nSPS) is 25.2. The molecular formula is C12H17ClN2S. The topological polar surface area (TPSA) is 38.4 Å². The zero-order chi connectivity index (χ0) is 10.7.